The Morgan fingerprint density at radius 3 is 2.66 bits per heavy atom. The summed E-state index contributed by atoms with van der Waals surface area (Å²) in [6.45, 7) is 9.37. The first kappa shape index (κ1) is 22.3. The van der Waals surface area contributed by atoms with E-state index >= 15 is 4.39 Å². The van der Waals surface area contributed by atoms with Gasteiger partial charge >= 0.3 is 6.03 Å². The van der Waals surface area contributed by atoms with E-state index in [1.165, 1.54) is 6.08 Å². The lowest BCUT2D eigenvalue weighted by Crippen LogP contribution is -2.48. The maximum Gasteiger partial charge on any atom is 0.329 e. The zero-order valence-electron chi connectivity index (χ0n) is 18.7. The van der Waals surface area contributed by atoms with Crippen LogP contribution in [0.3, 0.4) is 0 Å². The van der Waals surface area contributed by atoms with E-state index in [-0.39, 0.29) is 29.3 Å². The van der Waals surface area contributed by atoms with Crippen LogP contribution in [0.5, 0.6) is 0 Å². The van der Waals surface area contributed by atoms with Gasteiger partial charge in [-0.05, 0) is 68.5 Å². The number of imide groups is 1. The van der Waals surface area contributed by atoms with Crippen molar-refractivity contribution >= 4 is 35.3 Å². The molecule has 2 heterocycles. The third-order valence-electron chi connectivity index (χ3n) is 6.37. The topological polar surface area (TPSA) is 52.7 Å². The summed E-state index contributed by atoms with van der Waals surface area (Å²) >= 11 is 6.17. The van der Waals surface area contributed by atoms with E-state index in [0.717, 1.165) is 29.1 Å². The van der Waals surface area contributed by atoms with Gasteiger partial charge in [0.1, 0.15) is 11.5 Å². The van der Waals surface area contributed by atoms with Crippen molar-refractivity contribution in [3.8, 4) is 0 Å². The summed E-state index contributed by atoms with van der Waals surface area (Å²) < 4.78 is 15.1. The highest BCUT2D eigenvalue weighted by Crippen LogP contribution is 2.44. The molecule has 1 fully saturated rings. The van der Waals surface area contributed by atoms with Crippen molar-refractivity contribution in [2.75, 3.05) is 11.4 Å². The minimum Gasteiger partial charge on any atom is -0.366 e. The molecule has 0 saturated carbocycles. The van der Waals surface area contributed by atoms with Gasteiger partial charge in [-0.3, -0.25) is 9.69 Å². The number of nitrogens with zero attached hydrogens (tertiary/aromatic N) is 2. The summed E-state index contributed by atoms with van der Waals surface area (Å²) in [6.07, 6.45) is 2.36. The van der Waals surface area contributed by atoms with Crippen LogP contribution >= 0.6 is 11.6 Å². The quantitative estimate of drug-likeness (QED) is 0.476. The molecule has 5 nitrogen and oxygen atoms in total. The number of fused-ring (bicyclic) bond motifs is 1. The summed E-state index contributed by atoms with van der Waals surface area (Å²) in [4.78, 5) is 28.6. The number of halogens is 2. The molecule has 32 heavy (non-hydrogen) atoms. The molecule has 2 aromatic rings. The van der Waals surface area contributed by atoms with Crippen LogP contribution < -0.4 is 10.2 Å². The van der Waals surface area contributed by atoms with Crippen LogP contribution in [0.2, 0.25) is 5.02 Å². The summed E-state index contributed by atoms with van der Waals surface area (Å²) in [5, 5.41) is 3.05. The molecule has 0 aromatic heterocycles. The number of nitrogens with one attached hydrogen (secondary N) is 1. The molecule has 0 bridgehead atoms. The molecule has 3 amide bonds. The average molecular weight is 456 g/mol. The molecule has 168 valence electrons. The number of carbonyl (C=O) groups excluding carboxylic acids is 2. The Morgan fingerprint density at radius 1 is 1.25 bits per heavy atom. The second-order valence-electron chi connectivity index (χ2n) is 9.07. The number of amides is 3. The van der Waals surface area contributed by atoms with Crippen LogP contribution in [0.1, 0.15) is 56.7 Å². The number of benzene rings is 2. The van der Waals surface area contributed by atoms with E-state index in [2.05, 4.69) is 37.9 Å². The monoisotopic (exact) mass is 455 g/mol. The Bertz CT molecular complexity index is 1130. The first-order valence-electron chi connectivity index (χ1n) is 10.8. The minimum atomic E-state index is -0.549. The Labute approximate surface area is 192 Å². The molecular formula is C25H27ClFN3O2. The summed E-state index contributed by atoms with van der Waals surface area (Å²) in [5.41, 5.74) is 2.87. The van der Waals surface area contributed by atoms with Gasteiger partial charge in [0.25, 0.3) is 5.91 Å². The maximum atomic E-state index is 15.1. The van der Waals surface area contributed by atoms with E-state index in [1.807, 2.05) is 0 Å². The van der Waals surface area contributed by atoms with Gasteiger partial charge in [0.2, 0.25) is 0 Å². The first-order valence-corrected chi connectivity index (χ1v) is 11.2. The Kier molecular flexibility index (Phi) is 5.76. The highest BCUT2D eigenvalue weighted by atomic mass is 35.5. The van der Waals surface area contributed by atoms with Gasteiger partial charge in [0, 0.05) is 28.4 Å². The van der Waals surface area contributed by atoms with E-state index in [9.17, 15) is 9.59 Å². The highest BCUT2D eigenvalue weighted by molar-refractivity contribution is 6.31. The van der Waals surface area contributed by atoms with Crippen molar-refractivity contribution in [2.45, 2.75) is 52.1 Å². The Balaban J connectivity index is 1.66. The van der Waals surface area contributed by atoms with E-state index in [1.54, 1.807) is 36.4 Å². The smallest absolute Gasteiger partial charge is 0.329 e. The van der Waals surface area contributed by atoms with Gasteiger partial charge in [-0.25, -0.2) is 9.18 Å². The largest absolute Gasteiger partial charge is 0.366 e. The van der Waals surface area contributed by atoms with E-state index in [0.29, 0.717) is 10.6 Å². The van der Waals surface area contributed by atoms with Crippen LogP contribution in [0.4, 0.5) is 14.9 Å². The predicted molar refractivity (Wildman–Crippen MR) is 125 cm³/mol. The number of carbonyl (C=O) groups is 2. The van der Waals surface area contributed by atoms with Crippen molar-refractivity contribution in [1.82, 2.24) is 10.2 Å². The standard InChI is InChI=1S/C25H27ClFN3O2/c1-5-30-22-12-20(27)17(10-18(22)15(2)13-25(30,3)4)11-21-23(31)29(24(32)28-21)14-16-8-6-7-9-19(16)26/h6-12,15H,5,13-14H2,1-4H3,(H,28,32)/b21-11+. The SMILES string of the molecule is CCN1c2cc(F)c(/C=C3/NC(=O)N(Cc4ccccc4Cl)C3=O)cc2C(C)CC1(C)C. The molecular weight excluding hydrogens is 429 g/mol. The molecule has 0 radical (unpaired) electrons. The van der Waals surface area contributed by atoms with Crippen molar-refractivity contribution in [1.29, 1.82) is 0 Å². The fourth-order valence-corrected chi connectivity index (χ4v) is 5.09. The zero-order chi connectivity index (χ0) is 23.2. The fourth-order valence-electron chi connectivity index (χ4n) is 4.90. The molecule has 0 spiro atoms. The Hall–Kier alpha value is -2.86. The summed E-state index contributed by atoms with van der Waals surface area (Å²) in [5.74, 6) is -0.686. The van der Waals surface area contributed by atoms with Crippen molar-refractivity contribution in [3.05, 3.63) is 69.6 Å². The molecule has 1 unspecified atom stereocenters. The van der Waals surface area contributed by atoms with Gasteiger partial charge in [0.15, 0.2) is 0 Å². The minimum absolute atomic E-state index is 0.0475. The number of hydrogen-bond donors (Lipinski definition) is 1. The van der Waals surface area contributed by atoms with Gasteiger partial charge in [0.05, 0.1) is 6.54 Å². The average Bonchev–Trinajstić information content (AvgIpc) is 2.98. The summed E-state index contributed by atoms with van der Waals surface area (Å²) in [7, 11) is 0. The van der Waals surface area contributed by atoms with Crippen LogP contribution in [0.25, 0.3) is 6.08 Å². The lowest BCUT2D eigenvalue weighted by Gasteiger charge is -2.47. The summed E-state index contributed by atoms with van der Waals surface area (Å²) in [6, 6.07) is 9.84. The molecule has 4 rings (SSSR count). The molecule has 2 aliphatic heterocycles. The normalized spacial score (nSPS) is 21.2. The third-order valence-corrected chi connectivity index (χ3v) is 6.74. The number of anilines is 1. The van der Waals surface area contributed by atoms with Crippen LogP contribution in [-0.4, -0.2) is 28.9 Å². The van der Waals surface area contributed by atoms with Crippen LogP contribution in [-0.2, 0) is 11.3 Å². The second kappa shape index (κ2) is 8.24. The first-order chi connectivity index (χ1) is 15.1. The molecule has 7 heteroatoms. The number of urea groups is 1. The molecule has 1 atom stereocenters. The number of hydrogen-bond acceptors (Lipinski definition) is 3. The van der Waals surface area contributed by atoms with E-state index in [4.69, 9.17) is 11.6 Å². The molecule has 0 aliphatic carbocycles. The molecule has 2 aromatic carbocycles. The van der Waals surface area contributed by atoms with Gasteiger partial charge < -0.3 is 10.2 Å². The predicted octanol–water partition coefficient (Wildman–Crippen LogP) is 5.68. The van der Waals surface area contributed by atoms with Crippen LogP contribution in [0.15, 0.2) is 42.1 Å². The van der Waals surface area contributed by atoms with Crippen molar-refractivity contribution < 1.29 is 14.0 Å². The number of rotatable bonds is 4. The highest BCUT2D eigenvalue weighted by Gasteiger charge is 2.37. The van der Waals surface area contributed by atoms with Crippen molar-refractivity contribution in [3.63, 3.8) is 0 Å². The van der Waals surface area contributed by atoms with Gasteiger partial charge in [-0.15, -0.1) is 0 Å². The molecule has 2 aliphatic rings. The second-order valence-corrected chi connectivity index (χ2v) is 9.47. The van der Waals surface area contributed by atoms with Gasteiger partial charge in [-0.2, -0.15) is 0 Å². The van der Waals surface area contributed by atoms with Crippen molar-refractivity contribution in [2.24, 2.45) is 0 Å². The lowest BCUT2D eigenvalue weighted by molar-refractivity contribution is -0.123. The molecule has 1 saturated heterocycles. The third kappa shape index (κ3) is 3.88. The molecule has 1 N–H and O–H groups in total. The lowest BCUT2D eigenvalue weighted by atomic mass is 9.79. The fraction of sp³-hybridized carbons (Fsp3) is 0.360. The van der Waals surface area contributed by atoms with E-state index < -0.39 is 17.8 Å². The Morgan fingerprint density at radius 2 is 1.97 bits per heavy atom. The van der Waals surface area contributed by atoms with Gasteiger partial charge in [-0.1, -0.05) is 36.7 Å². The van der Waals surface area contributed by atoms with Crippen LogP contribution in [0, 0.1) is 5.82 Å². The zero-order valence-corrected chi connectivity index (χ0v) is 19.5. The maximum absolute atomic E-state index is 15.1.